The Morgan fingerprint density at radius 3 is 2.56 bits per heavy atom. The van der Waals surface area contributed by atoms with E-state index < -0.39 is 0 Å². The van der Waals surface area contributed by atoms with E-state index in [1.165, 1.54) is 6.07 Å². The predicted molar refractivity (Wildman–Crippen MR) is 66.5 cm³/mol. The van der Waals surface area contributed by atoms with Crippen LogP contribution in [0.25, 0.3) is 0 Å². The van der Waals surface area contributed by atoms with Crippen LogP contribution < -0.4 is 4.74 Å². The lowest BCUT2D eigenvalue weighted by atomic mass is 9.85. The summed E-state index contributed by atoms with van der Waals surface area (Å²) in [5.41, 5.74) is 0.496. The number of ether oxygens (including phenoxy) is 1. The van der Waals surface area contributed by atoms with E-state index in [-0.39, 0.29) is 16.0 Å². The Kier molecular flexibility index (Phi) is 3.91. The van der Waals surface area contributed by atoms with Crippen LogP contribution in [0.15, 0.2) is 18.2 Å². The fourth-order valence-electron chi connectivity index (χ4n) is 1.42. The van der Waals surface area contributed by atoms with E-state index in [4.69, 9.17) is 4.74 Å². The van der Waals surface area contributed by atoms with Crippen LogP contribution in [0.4, 0.5) is 5.69 Å². The minimum Gasteiger partial charge on any atom is -0.497 e. The van der Waals surface area contributed by atoms with Crippen molar-refractivity contribution in [1.82, 2.24) is 0 Å². The number of halogens is 1. The van der Waals surface area contributed by atoms with Gasteiger partial charge >= 0.3 is 0 Å². The molecule has 0 aliphatic carbocycles. The van der Waals surface area contributed by atoms with Crippen molar-refractivity contribution in [2.75, 3.05) is 12.4 Å². The summed E-state index contributed by atoms with van der Waals surface area (Å²) < 4.78 is 5.09. The zero-order valence-corrected chi connectivity index (χ0v) is 11.1. The van der Waals surface area contributed by atoms with Gasteiger partial charge in [-0.2, -0.15) is 0 Å². The van der Waals surface area contributed by atoms with Crippen LogP contribution >= 0.6 is 15.9 Å². The number of rotatable bonds is 4. The Bertz CT molecular complexity index is 404. The fraction of sp³-hybridized carbons (Fsp3) is 0.455. The lowest BCUT2D eigenvalue weighted by Gasteiger charge is -2.22. The second-order valence-corrected chi connectivity index (χ2v) is 4.72. The molecule has 0 radical (unpaired) electrons. The lowest BCUT2D eigenvalue weighted by molar-refractivity contribution is -0.386. The molecule has 0 N–H and O–H groups in total. The van der Waals surface area contributed by atoms with Gasteiger partial charge in [0.1, 0.15) is 5.75 Å². The molecule has 0 heterocycles. The van der Waals surface area contributed by atoms with Crippen molar-refractivity contribution in [3.63, 3.8) is 0 Å². The van der Waals surface area contributed by atoms with E-state index in [9.17, 15) is 10.1 Å². The molecule has 0 atom stereocenters. The fourth-order valence-corrected chi connectivity index (χ4v) is 1.72. The molecule has 0 unspecified atom stereocenters. The van der Waals surface area contributed by atoms with Crippen molar-refractivity contribution in [1.29, 1.82) is 0 Å². The molecule has 5 heteroatoms. The molecule has 0 saturated carbocycles. The largest absolute Gasteiger partial charge is 0.497 e. The van der Waals surface area contributed by atoms with Gasteiger partial charge in [0.2, 0.25) is 0 Å². The Morgan fingerprint density at radius 2 is 2.12 bits per heavy atom. The van der Waals surface area contributed by atoms with E-state index in [0.717, 1.165) is 0 Å². The zero-order chi connectivity index (χ0) is 12.3. The second kappa shape index (κ2) is 4.82. The van der Waals surface area contributed by atoms with Gasteiger partial charge in [0.05, 0.1) is 12.0 Å². The molecule has 1 aromatic carbocycles. The molecule has 16 heavy (non-hydrogen) atoms. The third-order valence-electron chi connectivity index (χ3n) is 2.46. The number of nitro benzene ring substituents is 1. The zero-order valence-electron chi connectivity index (χ0n) is 9.49. The molecule has 0 bridgehead atoms. The Labute approximate surface area is 103 Å². The summed E-state index contributed by atoms with van der Waals surface area (Å²) in [4.78, 5) is 10.6. The molecular formula is C11H14BrNO3. The Hall–Kier alpha value is -1.10. The van der Waals surface area contributed by atoms with Gasteiger partial charge in [0.15, 0.2) is 0 Å². The van der Waals surface area contributed by atoms with Crippen LogP contribution in [-0.4, -0.2) is 17.4 Å². The van der Waals surface area contributed by atoms with E-state index in [2.05, 4.69) is 15.9 Å². The van der Waals surface area contributed by atoms with Crippen LogP contribution in [0.1, 0.15) is 19.4 Å². The monoisotopic (exact) mass is 287 g/mol. The molecule has 1 rings (SSSR count). The predicted octanol–water partition coefficient (Wildman–Crippen LogP) is 3.28. The first-order valence-electron chi connectivity index (χ1n) is 4.81. The average Bonchev–Trinajstić information content (AvgIpc) is 2.28. The summed E-state index contributed by atoms with van der Waals surface area (Å²) in [5, 5.41) is 11.6. The topological polar surface area (TPSA) is 52.4 Å². The van der Waals surface area contributed by atoms with Crippen LogP contribution in [0.2, 0.25) is 0 Å². The summed E-state index contributed by atoms with van der Waals surface area (Å²) in [5.74, 6) is 0.634. The molecule has 88 valence electrons. The maximum absolute atomic E-state index is 10.9. The molecule has 0 aliphatic rings. The minimum atomic E-state index is -0.362. The Morgan fingerprint density at radius 1 is 1.50 bits per heavy atom. The van der Waals surface area contributed by atoms with Gasteiger partial charge in [-0.05, 0) is 12.1 Å². The van der Waals surface area contributed by atoms with Gasteiger partial charge in [-0.1, -0.05) is 29.8 Å². The van der Waals surface area contributed by atoms with Gasteiger partial charge in [0.25, 0.3) is 5.69 Å². The van der Waals surface area contributed by atoms with Crippen LogP contribution in [-0.2, 0) is 5.41 Å². The van der Waals surface area contributed by atoms with Crippen molar-refractivity contribution >= 4 is 21.6 Å². The maximum Gasteiger partial charge on any atom is 0.273 e. The highest BCUT2D eigenvalue weighted by Gasteiger charge is 2.28. The molecule has 0 aromatic heterocycles. The SMILES string of the molecule is COc1ccc([N+](=O)[O-])c(C(C)(C)CBr)c1. The number of nitrogens with zero attached hydrogens (tertiary/aromatic N) is 1. The summed E-state index contributed by atoms with van der Waals surface area (Å²) in [6, 6.07) is 4.81. The normalized spacial score (nSPS) is 11.2. The van der Waals surface area contributed by atoms with Gasteiger partial charge < -0.3 is 4.74 Å². The summed E-state index contributed by atoms with van der Waals surface area (Å²) in [6.45, 7) is 3.90. The van der Waals surface area contributed by atoms with Gasteiger partial charge in [-0.15, -0.1) is 0 Å². The molecule has 0 saturated heterocycles. The van der Waals surface area contributed by atoms with E-state index in [1.807, 2.05) is 13.8 Å². The number of hydrogen-bond acceptors (Lipinski definition) is 3. The number of hydrogen-bond donors (Lipinski definition) is 0. The first-order valence-corrected chi connectivity index (χ1v) is 5.93. The third-order valence-corrected chi connectivity index (χ3v) is 3.87. The molecule has 0 fully saturated rings. The minimum absolute atomic E-state index is 0.130. The van der Waals surface area contributed by atoms with Crippen LogP contribution in [0, 0.1) is 10.1 Å². The number of methoxy groups -OCH3 is 1. The van der Waals surface area contributed by atoms with Crippen molar-refractivity contribution in [3.8, 4) is 5.75 Å². The maximum atomic E-state index is 10.9. The highest BCUT2D eigenvalue weighted by atomic mass is 79.9. The van der Waals surface area contributed by atoms with Crippen molar-refractivity contribution in [2.24, 2.45) is 0 Å². The highest BCUT2D eigenvalue weighted by Crippen LogP contribution is 2.35. The van der Waals surface area contributed by atoms with Crippen LogP contribution in [0.3, 0.4) is 0 Å². The smallest absolute Gasteiger partial charge is 0.273 e. The molecule has 0 spiro atoms. The number of nitro groups is 1. The van der Waals surface area contributed by atoms with Gasteiger partial charge in [0, 0.05) is 22.4 Å². The first-order chi connectivity index (χ1) is 7.42. The number of benzene rings is 1. The standard InChI is InChI=1S/C11H14BrNO3/c1-11(2,7-12)9-6-8(16-3)4-5-10(9)13(14)15/h4-6H,7H2,1-3H3. The van der Waals surface area contributed by atoms with E-state index in [0.29, 0.717) is 16.6 Å². The second-order valence-electron chi connectivity index (χ2n) is 4.16. The highest BCUT2D eigenvalue weighted by molar-refractivity contribution is 9.09. The molecule has 1 aromatic rings. The summed E-state index contributed by atoms with van der Waals surface area (Å²) in [7, 11) is 1.55. The molecule has 4 nitrogen and oxygen atoms in total. The quantitative estimate of drug-likeness (QED) is 0.485. The van der Waals surface area contributed by atoms with E-state index >= 15 is 0 Å². The third kappa shape index (κ3) is 2.52. The van der Waals surface area contributed by atoms with Gasteiger partial charge in [-0.3, -0.25) is 10.1 Å². The van der Waals surface area contributed by atoms with Crippen molar-refractivity contribution in [3.05, 3.63) is 33.9 Å². The molecular weight excluding hydrogens is 274 g/mol. The first kappa shape index (κ1) is 13.0. The summed E-state index contributed by atoms with van der Waals surface area (Å²) in [6.07, 6.45) is 0. The summed E-state index contributed by atoms with van der Waals surface area (Å²) >= 11 is 3.37. The average molecular weight is 288 g/mol. The Balaban J connectivity index is 3.37. The van der Waals surface area contributed by atoms with Crippen LogP contribution in [0.5, 0.6) is 5.75 Å². The van der Waals surface area contributed by atoms with E-state index in [1.54, 1.807) is 19.2 Å². The lowest BCUT2D eigenvalue weighted by Crippen LogP contribution is -2.20. The van der Waals surface area contributed by atoms with Gasteiger partial charge in [-0.25, -0.2) is 0 Å². The molecule has 0 aliphatic heterocycles. The van der Waals surface area contributed by atoms with Crippen molar-refractivity contribution < 1.29 is 9.66 Å². The molecule has 0 amide bonds. The number of alkyl halides is 1. The van der Waals surface area contributed by atoms with Crippen molar-refractivity contribution in [2.45, 2.75) is 19.3 Å².